The van der Waals surface area contributed by atoms with Gasteiger partial charge in [0.25, 0.3) is 0 Å². The van der Waals surface area contributed by atoms with Crippen LogP contribution < -0.4 is 5.32 Å². The lowest BCUT2D eigenvalue weighted by Crippen LogP contribution is -2.25. The molecule has 7 heteroatoms. The quantitative estimate of drug-likeness (QED) is 0.572. The average molecular weight is 335 g/mol. The molecule has 0 radical (unpaired) electrons. The highest BCUT2D eigenvalue weighted by molar-refractivity contribution is 7.99. The molecule has 0 unspecified atom stereocenters. The number of aliphatic hydroxyl groups excluding tert-OH is 1. The smallest absolute Gasteiger partial charge is 0.230 e. The molecule has 0 aliphatic heterocycles. The highest BCUT2D eigenvalue weighted by Gasteiger charge is 2.12. The van der Waals surface area contributed by atoms with E-state index in [0.717, 1.165) is 5.56 Å². The predicted molar refractivity (Wildman–Crippen MR) is 87.6 cm³/mol. The zero-order valence-corrected chi connectivity index (χ0v) is 13.4. The summed E-state index contributed by atoms with van der Waals surface area (Å²) in [6, 6.07) is 6.14. The van der Waals surface area contributed by atoms with Gasteiger partial charge in [-0.2, -0.15) is 0 Å². The van der Waals surface area contributed by atoms with Gasteiger partial charge in [-0.05, 0) is 17.7 Å². The van der Waals surface area contributed by atoms with Gasteiger partial charge in [0.15, 0.2) is 5.16 Å². The lowest BCUT2D eigenvalue weighted by atomic mass is 10.2. The van der Waals surface area contributed by atoms with Crippen molar-refractivity contribution in [2.75, 3.05) is 12.3 Å². The average Bonchev–Trinajstić information content (AvgIpc) is 2.95. The summed E-state index contributed by atoms with van der Waals surface area (Å²) in [6.07, 6.45) is 3.19. The number of amides is 1. The van der Waals surface area contributed by atoms with E-state index >= 15 is 0 Å². The number of benzene rings is 1. The Morgan fingerprint density at radius 1 is 1.43 bits per heavy atom. The molecular weight excluding hydrogens is 317 g/mol. The summed E-state index contributed by atoms with van der Waals surface area (Å²) in [5.74, 6) is -0.189. The second kappa shape index (κ2) is 8.50. The van der Waals surface area contributed by atoms with Crippen molar-refractivity contribution < 1.29 is 14.3 Å². The largest absolute Gasteiger partial charge is 0.390 e. The first-order valence-electron chi connectivity index (χ1n) is 7.04. The number of aliphatic hydroxyl groups is 1. The van der Waals surface area contributed by atoms with Crippen LogP contribution in [-0.4, -0.2) is 32.9 Å². The van der Waals surface area contributed by atoms with Crippen LogP contribution in [0.4, 0.5) is 4.39 Å². The van der Waals surface area contributed by atoms with Crippen molar-refractivity contribution in [3.05, 3.63) is 60.2 Å². The van der Waals surface area contributed by atoms with E-state index < -0.39 is 0 Å². The van der Waals surface area contributed by atoms with Gasteiger partial charge in [0, 0.05) is 13.1 Å². The fourth-order valence-corrected chi connectivity index (χ4v) is 2.77. The number of halogens is 1. The van der Waals surface area contributed by atoms with Crippen LogP contribution in [0.15, 0.2) is 48.3 Å². The number of imidazole rings is 1. The van der Waals surface area contributed by atoms with Gasteiger partial charge in [0.1, 0.15) is 5.82 Å². The summed E-state index contributed by atoms with van der Waals surface area (Å²) in [7, 11) is 0. The van der Waals surface area contributed by atoms with E-state index in [1.165, 1.54) is 23.9 Å². The number of nitrogens with one attached hydrogen (secondary N) is 1. The molecule has 1 amide bonds. The fourth-order valence-electron chi connectivity index (χ4n) is 1.94. The number of nitrogens with zero attached hydrogens (tertiary/aromatic N) is 2. The van der Waals surface area contributed by atoms with Crippen LogP contribution in [0.3, 0.4) is 0 Å². The molecule has 0 aliphatic carbocycles. The number of thioether (sulfide) groups is 1. The normalized spacial score (nSPS) is 10.5. The van der Waals surface area contributed by atoms with Crippen LogP contribution in [0.1, 0.15) is 11.3 Å². The zero-order valence-electron chi connectivity index (χ0n) is 12.5. The molecule has 5 nitrogen and oxygen atoms in total. The minimum atomic E-state index is -0.296. The van der Waals surface area contributed by atoms with Crippen molar-refractivity contribution in [2.24, 2.45) is 0 Å². The number of carbonyl (C=O) groups excluding carboxylic acids is 1. The van der Waals surface area contributed by atoms with Gasteiger partial charge in [-0.3, -0.25) is 4.79 Å². The second-order valence-electron chi connectivity index (χ2n) is 4.78. The number of carbonyl (C=O) groups is 1. The van der Waals surface area contributed by atoms with E-state index in [-0.39, 0.29) is 24.1 Å². The molecule has 0 bridgehead atoms. The van der Waals surface area contributed by atoms with Crippen LogP contribution in [0.2, 0.25) is 0 Å². The summed E-state index contributed by atoms with van der Waals surface area (Å²) >= 11 is 1.28. The molecule has 0 atom stereocenters. The van der Waals surface area contributed by atoms with Gasteiger partial charge >= 0.3 is 0 Å². The summed E-state index contributed by atoms with van der Waals surface area (Å²) < 4.78 is 14.8. The number of hydrogen-bond acceptors (Lipinski definition) is 4. The van der Waals surface area contributed by atoms with Crippen molar-refractivity contribution in [1.29, 1.82) is 0 Å². The van der Waals surface area contributed by atoms with Crippen molar-refractivity contribution in [2.45, 2.75) is 18.3 Å². The van der Waals surface area contributed by atoms with Crippen molar-refractivity contribution in [1.82, 2.24) is 14.9 Å². The Bertz CT molecular complexity index is 670. The van der Waals surface area contributed by atoms with Crippen LogP contribution in [0.5, 0.6) is 0 Å². The Labute approximate surface area is 138 Å². The maximum absolute atomic E-state index is 13.0. The zero-order chi connectivity index (χ0) is 16.7. The first-order valence-corrected chi connectivity index (χ1v) is 8.02. The number of aromatic nitrogens is 2. The van der Waals surface area contributed by atoms with Crippen molar-refractivity contribution in [3.8, 4) is 0 Å². The minimum absolute atomic E-state index is 0.114. The molecule has 2 rings (SSSR count). The van der Waals surface area contributed by atoms with Crippen LogP contribution in [-0.2, 0) is 17.9 Å². The monoisotopic (exact) mass is 335 g/mol. The lowest BCUT2D eigenvalue weighted by Gasteiger charge is -2.11. The van der Waals surface area contributed by atoms with Crippen LogP contribution in [0.25, 0.3) is 0 Å². The Morgan fingerprint density at radius 3 is 2.83 bits per heavy atom. The maximum Gasteiger partial charge on any atom is 0.230 e. The second-order valence-corrected chi connectivity index (χ2v) is 5.73. The Balaban J connectivity index is 2.08. The van der Waals surface area contributed by atoms with Gasteiger partial charge in [-0.1, -0.05) is 30.0 Å². The molecule has 0 saturated heterocycles. The summed E-state index contributed by atoms with van der Waals surface area (Å²) in [6.45, 7) is 4.26. The summed E-state index contributed by atoms with van der Waals surface area (Å²) in [5.41, 5.74) is 1.53. The minimum Gasteiger partial charge on any atom is -0.390 e. The van der Waals surface area contributed by atoms with Crippen molar-refractivity contribution >= 4 is 17.7 Å². The molecule has 1 heterocycles. The van der Waals surface area contributed by atoms with E-state index in [9.17, 15) is 14.3 Å². The third-order valence-corrected chi connectivity index (χ3v) is 4.08. The first-order chi connectivity index (χ1) is 11.1. The first kappa shape index (κ1) is 17.2. The number of hydrogen-bond donors (Lipinski definition) is 2. The lowest BCUT2D eigenvalue weighted by molar-refractivity contribution is -0.118. The van der Waals surface area contributed by atoms with E-state index in [1.54, 1.807) is 24.4 Å². The van der Waals surface area contributed by atoms with Gasteiger partial charge < -0.3 is 15.0 Å². The molecule has 1 aromatic heterocycles. The maximum atomic E-state index is 13.0. The molecule has 122 valence electrons. The fraction of sp³-hybridized carbons (Fsp3) is 0.250. The molecular formula is C16H18FN3O2S. The SMILES string of the molecule is C=CCNC(=O)CSc1ncc(CO)n1Cc1ccc(F)cc1. The summed E-state index contributed by atoms with van der Waals surface area (Å²) in [4.78, 5) is 15.9. The van der Waals surface area contributed by atoms with E-state index in [0.29, 0.717) is 23.9 Å². The molecule has 2 N–H and O–H groups in total. The molecule has 0 saturated carbocycles. The molecule has 23 heavy (non-hydrogen) atoms. The van der Waals surface area contributed by atoms with Crippen LogP contribution >= 0.6 is 11.8 Å². The van der Waals surface area contributed by atoms with Gasteiger partial charge in [0.05, 0.1) is 24.3 Å². The Kier molecular flexibility index (Phi) is 6.37. The molecule has 1 aromatic carbocycles. The van der Waals surface area contributed by atoms with E-state index in [4.69, 9.17) is 0 Å². The Hall–Kier alpha value is -2.12. The molecule has 0 aliphatic rings. The predicted octanol–water partition coefficient (Wildman–Crippen LogP) is 1.96. The van der Waals surface area contributed by atoms with Gasteiger partial charge in [0.2, 0.25) is 5.91 Å². The third kappa shape index (κ3) is 4.94. The Morgan fingerprint density at radius 2 is 2.17 bits per heavy atom. The van der Waals surface area contributed by atoms with Gasteiger partial charge in [-0.15, -0.1) is 6.58 Å². The van der Waals surface area contributed by atoms with E-state index in [1.807, 2.05) is 4.57 Å². The van der Waals surface area contributed by atoms with E-state index in [2.05, 4.69) is 16.9 Å². The molecule has 0 fully saturated rings. The third-order valence-electron chi connectivity index (χ3n) is 3.09. The molecule has 2 aromatic rings. The van der Waals surface area contributed by atoms with Crippen molar-refractivity contribution in [3.63, 3.8) is 0 Å². The molecule has 0 spiro atoms. The number of rotatable bonds is 8. The highest BCUT2D eigenvalue weighted by atomic mass is 32.2. The van der Waals surface area contributed by atoms with Gasteiger partial charge in [-0.25, -0.2) is 9.37 Å². The highest BCUT2D eigenvalue weighted by Crippen LogP contribution is 2.20. The topological polar surface area (TPSA) is 67.2 Å². The van der Waals surface area contributed by atoms with Crippen LogP contribution in [0, 0.1) is 5.82 Å². The summed E-state index contributed by atoms with van der Waals surface area (Å²) in [5, 5.41) is 12.8. The standard InChI is InChI=1S/C16H18FN3O2S/c1-2-7-18-15(22)11-23-16-19-8-14(10-21)20(16)9-12-3-5-13(17)6-4-12/h2-6,8,21H,1,7,9-11H2,(H,18,22).